The fourth-order valence-corrected chi connectivity index (χ4v) is 1.70. The average Bonchev–Trinajstić information content (AvgIpc) is 2.38. The minimum absolute atomic E-state index is 0.109. The second-order valence-electron chi connectivity index (χ2n) is 3.70. The number of Topliss-reactive ketones (excluding diaryl/α,β-unsaturated/α-hetero) is 1. The molecule has 0 amide bonds. The zero-order chi connectivity index (χ0) is 13.5. The van der Waals surface area contributed by atoms with E-state index in [2.05, 4.69) is 4.74 Å². The lowest BCUT2D eigenvalue weighted by Gasteiger charge is -2.06. The Balaban J connectivity index is 2.63. The van der Waals surface area contributed by atoms with Gasteiger partial charge in [-0.2, -0.15) is 0 Å². The summed E-state index contributed by atoms with van der Waals surface area (Å²) in [5.74, 6) is 0.151. The van der Waals surface area contributed by atoms with Gasteiger partial charge in [-0.25, -0.2) is 0 Å². The summed E-state index contributed by atoms with van der Waals surface area (Å²) in [6, 6.07) is 4.91. The van der Waals surface area contributed by atoms with Crippen LogP contribution < -0.4 is 4.74 Å². The highest BCUT2D eigenvalue weighted by Crippen LogP contribution is 2.23. The SMILES string of the molecule is COC(=O)CCCC(=O)c1cc(OC)ccc1Cl. The largest absolute Gasteiger partial charge is 0.497 e. The minimum atomic E-state index is -0.320. The highest BCUT2D eigenvalue weighted by molar-refractivity contribution is 6.34. The summed E-state index contributed by atoms with van der Waals surface area (Å²) in [5, 5.41) is 0.388. The second-order valence-corrected chi connectivity index (χ2v) is 4.11. The molecule has 18 heavy (non-hydrogen) atoms. The lowest BCUT2D eigenvalue weighted by atomic mass is 10.1. The Morgan fingerprint density at radius 2 is 1.94 bits per heavy atom. The van der Waals surface area contributed by atoms with Gasteiger partial charge in [0.1, 0.15) is 5.75 Å². The molecule has 98 valence electrons. The first kappa shape index (κ1) is 14.5. The zero-order valence-electron chi connectivity index (χ0n) is 10.4. The number of methoxy groups -OCH3 is 2. The topological polar surface area (TPSA) is 52.6 Å². The highest BCUT2D eigenvalue weighted by Gasteiger charge is 2.12. The predicted octanol–water partition coefficient (Wildman–Crippen LogP) is 2.87. The van der Waals surface area contributed by atoms with Gasteiger partial charge in [-0.15, -0.1) is 0 Å². The Morgan fingerprint density at radius 3 is 2.56 bits per heavy atom. The molecule has 0 aliphatic carbocycles. The third-order valence-electron chi connectivity index (χ3n) is 2.49. The summed E-state index contributed by atoms with van der Waals surface area (Å²) in [6.45, 7) is 0. The van der Waals surface area contributed by atoms with E-state index in [1.54, 1.807) is 18.2 Å². The maximum atomic E-state index is 11.9. The molecule has 0 heterocycles. The maximum absolute atomic E-state index is 11.9. The van der Waals surface area contributed by atoms with Crippen LogP contribution in [0.2, 0.25) is 5.02 Å². The van der Waals surface area contributed by atoms with E-state index in [0.29, 0.717) is 22.8 Å². The third-order valence-corrected chi connectivity index (χ3v) is 2.82. The number of rotatable bonds is 6. The average molecular weight is 271 g/mol. The van der Waals surface area contributed by atoms with E-state index in [0.717, 1.165) is 0 Å². The van der Waals surface area contributed by atoms with Gasteiger partial charge in [-0.1, -0.05) is 11.6 Å². The van der Waals surface area contributed by atoms with Crippen LogP contribution in [-0.4, -0.2) is 26.0 Å². The molecule has 0 aromatic heterocycles. The van der Waals surface area contributed by atoms with Gasteiger partial charge in [0.15, 0.2) is 5.78 Å². The number of carbonyl (C=O) groups is 2. The van der Waals surface area contributed by atoms with Crippen LogP contribution in [0, 0.1) is 0 Å². The van der Waals surface area contributed by atoms with E-state index in [1.807, 2.05) is 0 Å². The fraction of sp³-hybridized carbons (Fsp3) is 0.385. The van der Waals surface area contributed by atoms with Crippen molar-refractivity contribution in [1.82, 2.24) is 0 Å². The van der Waals surface area contributed by atoms with Crippen molar-refractivity contribution in [3.05, 3.63) is 28.8 Å². The molecule has 0 saturated heterocycles. The molecule has 0 bridgehead atoms. The molecule has 1 rings (SSSR count). The monoisotopic (exact) mass is 270 g/mol. The molecule has 5 heteroatoms. The van der Waals surface area contributed by atoms with Gasteiger partial charge in [0, 0.05) is 18.4 Å². The van der Waals surface area contributed by atoms with Crippen LogP contribution in [-0.2, 0) is 9.53 Å². The number of esters is 1. The third kappa shape index (κ3) is 4.04. The lowest BCUT2D eigenvalue weighted by Crippen LogP contribution is -2.04. The molecule has 0 N–H and O–H groups in total. The summed E-state index contributed by atoms with van der Waals surface area (Å²) in [4.78, 5) is 22.8. The Bertz CT molecular complexity index is 443. The Morgan fingerprint density at radius 1 is 1.22 bits per heavy atom. The molecule has 0 spiro atoms. The number of ketones is 1. The van der Waals surface area contributed by atoms with E-state index >= 15 is 0 Å². The first-order valence-corrected chi connectivity index (χ1v) is 5.90. The number of carbonyl (C=O) groups excluding carboxylic acids is 2. The minimum Gasteiger partial charge on any atom is -0.497 e. The van der Waals surface area contributed by atoms with Gasteiger partial charge in [0.2, 0.25) is 0 Å². The molecule has 0 aliphatic rings. The number of ether oxygens (including phenoxy) is 2. The molecule has 0 aliphatic heterocycles. The van der Waals surface area contributed by atoms with Gasteiger partial charge < -0.3 is 9.47 Å². The Hall–Kier alpha value is -1.55. The van der Waals surface area contributed by atoms with Crippen LogP contribution in [0.15, 0.2) is 18.2 Å². The van der Waals surface area contributed by atoms with Crippen molar-refractivity contribution in [2.45, 2.75) is 19.3 Å². The molecule has 0 fully saturated rings. The van der Waals surface area contributed by atoms with Crippen LogP contribution in [0.3, 0.4) is 0 Å². The van der Waals surface area contributed by atoms with E-state index in [4.69, 9.17) is 16.3 Å². The van der Waals surface area contributed by atoms with Crippen molar-refractivity contribution in [3.8, 4) is 5.75 Å². The highest BCUT2D eigenvalue weighted by atomic mass is 35.5. The summed E-state index contributed by atoms with van der Waals surface area (Å²) < 4.78 is 9.54. The van der Waals surface area contributed by atoms with Gasteiger partial charge >= 0.3 is 5.97 Å². The van der Waals surface area contributed by atoms with Crippen molar-refractivity contribution in [2.24, 2.45) is 0 Å². The van der Waals surface area contributed by atoms with Crippen molar-refractivity contribution in [3.63, 3.8) is 0 Å². The normalized spacial score (nSPS) is 9.94. The van der Waals surface area contributed by atoms with Gasteiger partial charge in [-0.05, 0) is 24.6 Å². The standard InChI is InChI=1S/C13H15ClO4/c1-17-9-6-7-11(14)10(8-9)12(15)4-3-5-13(16)18-2/h6-8H,3-5H2,1-2H3. The van der Waals surface area contributed by atoms with Gasteiger partial charge in [0.05, 0.1) is 19.2 Å². The fourth-order valence-electron chi connectivity index (χ4n) is 1.48. The molecule has 1 aromatic rings. The number of benzene rings is 1. The molecular formula is C13H15ClO4. The van der Waals surface area contributed by atoms with E-state index in [-0.39, 0.29) is 24.6 Å². The zero-order valence-corrected chi connectivity index (χ0v) is 11.1. The first-order chi connectivity index (χ1) is 8.58. The number of hydrogen-bond acceptors (Lipinski definition) is 4. The van der Waals surface area contributed by atoms with Crippen LogP contribution in [0.5, 0.6) is 5.75 Å². The summed E-state index contributed by atoms with van der Waals surface area (Å²) in [7, 11) is 2.85. The smallest absolute Gasteiger partial charge is 0.305 e. The quantitative estimate of drug-likeness (QED) is 0.589. The van der Waals surface area contributed by atoms with E-state index in [9.17, 15) is 9.59 Å². The molecule has 4 nitrogen and oxygen atoms in total. The van der Waals surface area contributed by atoms with Crippen LogP contribution in [0.25, 0.3) is 0 Å². The first-order valence-electron chi connectivity index (χ1n) is 5.52. The maximum Gasteiger partial charge on any atom is 0.305 e. The van der Waals surface area contributed by atoms with Crippen molar-refractivity contribution in [2.75, 3.05) is 14.2 Å². The molecule has 0 unspecified atom stereocenters. The predicted molar refractivity (Wildman–Crippen MR) is 68.2 cm³/mol. The lowest BCUT2D eigenvalue weighted by molar-refractivity contribution is -0.140. The second kappa shape index (κ2) is 7.01. The van der Waals surface area contributed by atoms with Crippen LogP contribution >= 0.6 is 11.6 Å². The molecule has 0 saturated carbocycles. The number of hydrogen-bond donors (Lipinski definition) is 0. The van der Waals surface area contributed by atoms with Crippen molar-refractivity contribution >= 4 is 23.4 Å². The number of halogens is 1. The molecule has 0 radical (unpaired) electrons. The Kier molecular flexibility index (Phi) is 5.65. The Labute approximate surface area is 111 Å². The van der Waals surface area contributed by atoms with Crippen LogP contribution in [0.4, 0.5) is 0 Å². The van der Waals surface area contributed by atoms with Crippen molar-refractivity contribution < 1.29 is 19.1 Å². The molecular weight excluding hydrogens is 256 g/mol. The van der Waals surface area contributed by atoms with Gasteiger partial charge in [-0.3, -0.25) is 9.59 Å². The summed E-state index contributed by atoms with van der Waals surface area (Å²) in [5.41, 5.74) is 0.417. The van der Waals surface area contributed by atoms with Crippen LogP contribution in [0.1, 0.15) is 29.6 Å². The van der Waals surface area contributed by atoms with Gasteiger partial charge in [0.25, 0.3) is 0 Å². The summed E-state index contributed by atoms with van der Waals surface area (Å²) in [6.07, 6.45) is 0.921. The van der Waals surface area contributed by atoms with Crippen molar-refractivity contribution in [1.29, 1.82) is 0 Å². The summed E-state index contributed by atoms with van der Waals surface area (Å²) >= 11 is 5.95. The van der Waals surface area contributed by atoms with E-state index in [1.165, 1.54) is 14.2 Å². The molecule has 1 aromatic carbocycles. The molecule has 0 atom stereocenters. The van der Waals surface area contributed by atoms with E-state index < -0.39 is 0 Å².